The molecule has 10 heteroatoms. The molecule has 1 aromatic carbocycles. The number of pyridine rings is 1. The molecule has 0 atom stereocenters. The molecule has 9 nitrogen and oxygen atoms in total. The van der Waals surface area contributed by atoms with Crippen LogP contribution in [0.3, 0.4) is 0 Å². The van der Waals surface area contributed by atoms with Gasteiger partial charge in [-0.05, 0) is 49.4 Å². The standard InChI is InChI=1S/C21H24N4O5S/c26-20-14-25(21(27)24-20)13-15-8-9-16(22-11-15)12-23-31(28,29)19-7-3-6-18(10-19)30-17-4-1-2-5-17/h3,6-11,17,23H,1-2,4-5,12-14H2,(H,24,26,27). The van der Waals surface area contributed by atoms with Gasteiger partial charge in [-0.3, -0.25) is 15.1 Å². The first-order valence-electron chi connectivity index (χ1n) is 10.2. The maximum Gasteiger partial charge on any atom is 0.324 e. The number of hydrogen-bond acceptors (Lipinski definition) is 6. The molecule has 31 heavy (non-hydrogen) atoms. The number of carbonyl (C=O) groups excluding carboxylic acids is 2. The van der Waals surface area contributed by atoms with Crippen LogP contribution in [0.5, 0.6) is 5.75 Å². The highest BCUT2D eigenvalue weighted by Crippen LogP contribution is 2.25. The number of rotatable bonds is 8. The summed E-state index contributed by atoms with van der Waals surface area (Å²) in [5.74, 6) is 0.225. The summed E-state index contributed by atoms with van der Waals surface area (Å²) in [7, 11) is -3.73. The highest BCUT2D eigenvalue weighted by atomic mass is 32.2. The van der Waals surface area contributed by atoms with Crippen LogP contribution in [0.4, 0.5) is 4.79 Å². The van der Waals surface area contributed by atoms with Gasteiger partial charge in [0.05, 0.1) is 23.2 Å². The van der Waals surface area contributed by atoms with E-state index >= 15 is 0 Å². The van der Waals surface area contributed by atoms with E-state index in [1.165, 1.54) is 11.0 Å². The Balaban J connectivity index is 1.34. The lowest BCUT2D eigenvalue weighted by Gasteiger charge is -2.14. The number of amides is 3. The molecule has 2 heterocycles. The van der Waals surface area contributed by atoms with Crippen molar-refractivity contribution in [3.63, 3.8) is 0 Å². The van der Waals surface area contributed by atoms with E-state index in [-0.39, 0.29) is 36.5 Å². The Hall–Kier alpha value is -2.98. The van der Waals surface area contributed by atoms with E-state index in [0.717, 1.165) is 31.2 Å². The van der Waals surface area contributed by atoms with Crippen molar-refractivity contribution in [1.82, 2.24) is 19.9 Å². The number of benzene rings is 1. The third-order valence-electron chi connectivity index (χ3n) is 5.29. The van der Waals surface area contributed by atoms with Crippen molar-refractivity contribution in [2.75, 3.05) is 6.54 Å². The largest absolute Gasteiger partial charge is 0.490 e. The summed E-state index contributed by atoms with van der Waals surface area (Å²) in [5, 5.41) is 2.22. The molecule has 3 amide bonds. The molecule has 0 radical (unpaired) electrons. The normalized spacial score (nSPS) is 17.2. The third kappa shape index (κ3) is 5.39. The second-order valence-electron chi connectivity index (χ2n) is 7.69. The Bertz CT molecular complexity index is 1070. The molecule has 0 unspecified atom stereocenters. The van der Waals surface area contributed by atoms with Gasteiger partial charge in [-0.1, -0.05) is 12.1 Å². The second-order valence-corrected chi connectivity index (χ2v) is 9.46. The number of hydrogen-bond donors (Lipinski definition) is 2. The lowest BCUT2D eigenvalue weighted by atomic mass is 10.2. The summed E-state index contributed by atoms with van der Waals surface area (Å²) in [6.07, 6.45) is 5.98. The van der Waals surface area contributed by atoms with Crippen LogP contribution < -0.4 is 14.8 Å². The first-order chi connectivity index (χ1) is 14.9. The van der Waals surface area contributed by atoms with Crippen molar-refractivity contribution in [3.05, 3.63) is 53.9 Å². The first kappa shape index (κ1) is 21.3. The third-order valence-corrected chi connectivity index (χ3v) is 6.69. The molecule has 2 aromatic rings. The number of urea groups is 1. The maximum absolute atomic E-state index is 12.7. The molecule has 1 aromatic heterocycles. The Labute approximate surface area is 180 Å². The second kappa shape index (κ2) is 9.03. The van der Waals surface area contributed by atoms with Gasteiger partial charge in [-0.15, -0.1) is 0 Å². The van der Waals surface area contributed by atoms with Crippen LogP contribution in [0.25, 0.3) is 0 Å². The molecule has 1 aliphatic carbocycles. The molecule has 1 aliphatic heterocycles. The maximum atomic E-state index is 12.7. The molecule has 0 bridgehead atoms. The van der Waals surface area contributed by atoms with Crippen molar-refractivity contribution in [2.45, 2.75) is 49.8 Å². The van der Waals surface area contributed by atoms with Gasteiger partial charge in [0.25, 0.3) is 0 Å². The van der Waals surface area contributed by atoms with E-state index < -0.39 is 16.1 Å². The zero-order valence-corrected chi connectivity index (χ0v) is 17.7. The molecule has 2 aliphatic rings. The zero-order chi connectivity index (χ0) is 21.8. The number of carbonyl (C=O) groups is 2. The number of ether oxygens (including phenoxy) is 1. The lowest BCUT2D eigenvalue weighted by Crippen LogP contribution is -2.27. The van der Waals surface area contributed by atoms with Crippen LogP contribution in [-0.4, -0.2) is 42.9 Å². The summed E-state index contributed by atoms with van der Waals surface area (Å²) in [5.41, 5.74) is 1.28. The summed E-state index contributed by atoms with van der Waals surface area (Å²) in [6, 6.07) is 9.52. The van der Waals surface area contributed by atoms with Gasteiger partial charge in [0.2, 0.25) is 15.9 Å². The fourth-order valence-corrected chi connectivity index (χ4v) is 4.68. The van der Waals surface area contributed by atoms with Gasteiger partial charge in [0.1, 0.15) is 12.3 Å². The van der Waals surface area contributed by atoms with E-state index in [4.69, 9.17) is 4.74 Å². The van der Waals surface area contributed by atoms with E-state index in [0.29, 0.717) is 11.4 Å². The van der Waals surface area contributed by atoms with Crippen molar-refractivity contribution in [1.29, 1.82) is 0 Å². The fraction of sp³-hybridized carbons (Fsp3) is 0.381. The minimum Gasteiger partial charge on any atom is -0.490 e. The predicted molar refractivity (Wildman–Crippen MR) is 112 cm³/mol. The number of imide groups is 1. The summed E-state index contributed by atoms with van der Waals surface area (Å²) in [6.45, 7) is 0.299. The molecule has 164 valence electrons. The van der Waals surface area contributed by atoms with Gasteiger partial charge < -0.3 is 9.64 Å². The number of nitrogens with one attached hydrogen (secondary N) is 2. The topological polar surface area (TPSA) is 118 Å². The van der Waals surface area contributed by atoms with Crippen molar-refractivity contribution in [3.8, 4) is 5.75 Å². The smallest absolute Gasteiger partial charge is 0.324 e. The lowest BCUT2D eigenvalue weighted by molar-refractivity contribution is -0.118. The molecule has 0 spiro atoms. The van der Waals surface area contributed by atoms with Crippen molar-refractivity contribution >= 4 is 22.0 Å². The monoisotopic (exact) mass is 444 g/mol. The Morgan fingerprint density at radius 2 is 1.97 bits per heavy atom. The molecule has 2 fully saturated rings. The summed E-state index contributed by atoms with van der Waals surface area (Å²) < 4.78 is 33.8. The summed E-state index contributed by atoms with van der Waals surface area (Å²) in [4.78, 5) is 28.6. The summed E-state index contributed by atoms with van der Waals surface area (Å²) >= 11 is 0. The molecule has 1 saturated carbocycles. The van der Waals surface area contributed by atoms with Crippen LogP contribution >= 0.6 is 0 Å². The minimum absolute atomic E-state index is 0.0178. The van der Waals surface area contributed by atoms with E-state index in [2.05, 4.69) is 15.0 Å². The van der Waals surface area contributed by atoms with Crippen molar-refractivity contribution in [2.24, 2.45) is 0 Å². The van der Waals surface area contributed by atoms with Gasteiger partial charge in [-0.2, -0.15) is 0 Å². The Morgan fingerprint density at radius 1 is 1.16 bits per heavy atom. The molecular formula is C21H24N4O5S. The fourth-order valence-electron chi connectivity index (χ4n) is 3.65. The molecule has 4 rings (SSSR count). The van der Waals surface area contributed by atoms with E-state index in [1.807, 2.05) is 0 Å². The predicted octanol–water partition coefficient (Wildman–Crippen LogP) is 1.93. The van der Waals surface area contributed by atoms with E-state index in [9.17, 15) is 18.0 Å². The van der Waals surface area contributed by atoms with Gasteiger partial charge in [-0.25, -0.2) is 17.9 Å². The van der Waals surface area contributed by atoms with Crippen LogP contribution in [0.2, 0.25) is 0 Å². The van der Waals surface area contributed by atoms with E-state index in [1.54, 1.807) is 36.5 Å². The van der Waals surface area contributed by atoms with Crippen LogP contribution in [-0.2, 0) is 27.9 Å². The SMILES string of the molecule is O=C1CN(Cc2ccc(CNS(=O)(=O)c3cccc(OC4CCCC4)c3)nc2)C(=O)N1. The zero-order valence-electron chi connectivity index (χ0n) is 16.9. The minimum atomic E-state index is -3.73. The van der Waals surface area contributed by atoms with Crippen molar-refractivity contribution < 1.29 is 22.7 Å². The molecular weight excluding hydrogens is 420 g/mol. The molecule has 2 N–H and O–H groups in total. The Kier molecular flexibility index (Phi) is 6.19. The number of sulfonamides is 1. The van der Waals surface area contributed by atoms with Gasteiger partial charge in [0, 0.05) is 18.8 Å². The molecule has 1 saturated heterocycles. The highest BCUT2D eigenvalue weighted by molar-refractivity contribution is 7.89. The quantitative estimate of drug-likeness (QED) is 0.601. The number of nitrogens with zero attached hydrogens (tertiary/aromatic N) is 2. The van der Waals surface area contributed by atoms with Crippen LogP contribution in [0.1, 0.15) is 36.9 Å². The Morgan fingerprint density at radius 3 is 2.65 bits per heavy atom. The number of aromatic nitrogens is 1. The van der Waals surface area contributed by atoms with Gasteiger partial charge in [0.15, 0.2) is 0 Å². The average Bonchev–Trinajstić information content (AvgIpc) is 3.37. The average molecular weight is 445 g/mol. The highest BCUT2D eigenvalue weighted by Gasteiger charge is 2.26. The van der Waals surface area contributed by atoms with Crippen LogP contribution in [0.15, 0.2) is 47.5 Å². The van der Waals surface area contributed by atoms with Gasteiger partial charge >= 0.3 is 6.03 Å². The first-order valence-corrected chi connectivity index (χ1v) is 11.7. The van der Waals surface area contributed by atoms with Crippen LogP contribution in [0, 0.1) is 0 Å².